The molecule has 0 saturated carbocycles. The minimum atomic E-state index is -3.99. The van der Waals surface area contributed by atoms with E-state index in [1.807, 2.05) is 0 Å². The van der Waals surface area contributed by atoms with Crippen molar-refractivity contribution >= 4 is 32.3 Å². The second-order valence-corrected chi connectivity index (χ2v) is 6.40. The molecule has 2 rings (SSSR count). The molecular weight excluding hydrogens is 360 g/mol. The minimum Gasteiger partial charge on any atom is -0.493 e. The molecule has 0 bridgehead atoms. The summed E-state index contributed by atoms with van der Waals surface area (Å²) in [5.74, 6) is 0.137. The van der Waals surface area contributed by atoms with Crippen LogP contribution in [0, 0.1) is 0 Å². The molecule has 21 heavy (non-hydrogen) atoms. The van der Waals surface area contributed by atoms with Crippen LogP contribution in [-0.2, 0) is 10.1 Å². The largest absolute Gasteiger partial charge is 0.493 e. The standard InChI is InChI=1S/C14H11BrO5S/c1-19-13-8-10(9-16)7-12(15)14(13)20-21(17,18)11-5-3-2-4-6-11/h2-9H,1H3. The first-order valence-electron chi connectivity index (χ1n) is 5.80. The normalized spacial score (nSPS) is 11.0. The van der Waals surface area contributed by atoms with Crippen LogP contribution in [0.4, 0.5) is 0 Å². The molecule has 7 heteroatoms. The van der Waals surface area contributed by atoms with Crippen molar-refractivity contribution in [3.63, 3.8) is 0 Å². The van der Waals surface area contributed by atoms with Crippen molar-refractivity contribution in [3.05, 3.63) is 52.5 Å². The van der Waals surface area contributed by atoms with Crippen LogP contribution < -0.4 is 8.92 Å². The third-order valence-electron chi connectivity index (χ3n) is 2.61. The second kappa shape index (κ2) is 6.28. The molecule has 0 aliphatic rings. The van der Waals surface area contributed by atoms with Gasteiger partial charge in [-0.3, -0.25) is 4.79 Å². The fraction of sp³-hybridized carbons (Fsp3) is 0.0714. The fourth-order valence-corrected chi connectivity index (χ4v) is 3.26. The molecule has 0 radical (unpaired) electrons. The summed E-state index contributed by atoms with van der Waals surface area (Å²) >= 11 is 3.18. The van der Waals surface area contributed by atoms with Gasteiger partial charge in [0.1, 0.15) is 11.2 Å². The van der Waals surface area contributed by atoms with Gasteiger partial charge in [-0.1, -0.05) is 18.2 Å². The van der Waals surface area contributed by atoms with Gasteiger partial charge in [-0.2, -0.15) is 8.42 Å². The molecule has 0 N–H and O–H groups in total. The van der Waals surface area contributed by atoms with Crippen molar-refractivity contribution in [2.45, 2.75) is 4.90 Å². The monoisotopic (exact) mass is 370 g/mol. The first kappa shape index (κ1) is 15.5. The van der Waals surface area contributed by atoms with Gasteiger partial charge in [-0.15, -0.1) is 0 Å². The summed E-state index contributed by atoms with van der Waals surface area (Å²) in [6.45, 7) is 0. The quantitative estimate of drug-likeness (QED) is 0.597. The molecule has 110 valence electrons. The Morgan fingerprint density at radius 1 is 1.14 bits per heavy atom. The van der Waals surface area contributed by atoms with Crippen LogP contribution >= 0.6 is 15.9 Å². The highest BCUT2D eigenvalue weighted by atomic mass is 79.9. The summed E-state index contributed by atoms with van der Waals surface area (Å²) in [5, 5.41) is 0. The average molecular weight is 371 g/mol. The molecular formula is C14H11BrO5S. The summed E-state index contributed by atoms with van der Waals surface area (Å²) in [5.41, 5.74) is 0.336. The van der Waals surface area contributed by atoms with E-state index in [1.54, 1.807) is 18.2 Å². The van der Waals surface area contributed by atoms with Crippen LogP contribution in [0.15, 0.2) is 51.8 Å². The van der Waals surface area contributed by atoms with Gasteiger partial charge >= 0.3 is 10.1 Å². The van der Waals surface area contributed by atoms with Crippen LogP contribution in [0.3, 0.4) is 0 Å². The van der Waals surface area contributed by atoms with E-state index < -0.39 is 10.1 Å². The van der Waals surface area contributed by atoms with Crippen molar-refractivity contribution in [2.75, 3.05) is 7.11 Å². The number of rotatable bonds is 5. The predicted octanol–water partition coefficient (Wildman–Crippen LogP) is 3.04. The van der Waals surface area contributed by atoms with Crippen molar-refractivity contribution in [1.82, 2.24) is 0 Å². The highest BCUT2D eigenvalue weighted by Crippen LogP contribution is 2.38. The second-order valence-electron chi connectivity index (χ2n) is 4.00. The van der Waals surface area contributed by atoms with Crippen molar-refractivity contribution < 1.29 is 22.1 Å². The minimum absolute atomic E-state index is 0.00745. The van der Waals surface area contributed by atoms with E-state index in [-0.39, 0.29) is 16.4 Å². The first-order chi connectivity index (χ1) is 9.97. The summed E-state index contributed by atoms with van der Waals surface area (Å²) in [6, 6.07) is 10.6. The number of methoxy groups -OCH3 is 1. The van der Waals surface area contributed by atoms with Crippen molar-refractivity contribution in [3.8, 4) is 11.5 Å². The molecule has 0 atom stereocenters. The lowest BCUT2D eigenvalue weighted by atomic mass is 10.2. The molecule has 2 aromatic rings. The number of hydrogen-bond acceptors (Lipinski definition) is 5. The molecule has 5 nitrogen and oxygen atoms in total. The SMILES string of the molecule is COc1cc(C=O)cc(Br)c1OS(=O)(=O)c1ccccc1. The predicted molar refractivity (Wildman–Crippen MR) is 80.3 cm³/mol. The van der Waals surface area contributed by atoms with Gasteiger partial charge in [0, 0.05) is 5.56 Å². The maximum absolute atomic E-state index is 12.2. The van der Waals surface area contributed by atoms with Crippen molar-refractivity contribution in [2.24, 2.45) is 0 Å². The zero-order valence-electron chi connectivity index (χ0n) is 10.9. The van der Waals surface area contributed by atoms with E-state index in [0.717, 1.165) is 0 Å². The Morgan fingerprint density at radius 2 is 1.81 bits per heavy atom. The zero-order valence-corrected chi connectivity index (χ0v) is 13.3. The number of carbonyl (C=O) groups excluding carboxylic acids is 1. The summed E-state index contributed by atoms with van der Waals surface area (Å²) in [4.78, 5) is 10.8. The van der Waals surface area contributed by atoms with Gasteiger partial charge in [-0.05, 0) is 40.2 Å². The van der Waals surface area contributed by atoms with Gasteiger partial charge < -0.3 is 8.92 Å². The fourth-order valence-electron chi connectivity index (χ4n) is 1.63. The molecule has 0 spiro atoms. The topological polar surface area (TPSA) is 69.7 Å². The van der Waals surface area contributed by atoms with E-state index in [1.165, 1.54) is 31.4 Å². The highest BCUT2D eigenvalue weighted by molar-refractivity contribution is 9.10. The molecule has 0 amide bonds. The molecule has 0 fully saturated rings. The molecule has 0 aliphatic carbocycles. The third kappa shape index (κ3) is 3.43. The third-order valence-corrected chi connectivity index (χ3v) is 4.44. The Balaban J connectivity index is 2.47. The van der Waals surface area contributed by atoms with E-state index >= 15 is 0 Å². The number of halogens is 1. The average Bonchev–Trinajstić information content (AvgIpc) is 2.49. The number of ether oxygens (including phenoxy) is 1. The summed E-state index contributed by atoms with van der Waals surface area (Å²) in [6.07, 6.45) is 0.628. The lowest BCUT2D eigenvalue weighted by Crippen LogP contribution is -2.11. The Hall–Kier alpha value is -1.86. The number of carbonyl (C=O) groups is 1. The molecule has 0 aliphatic heterocycles. The lowest BCUT2D eigenvalue weighted by molar-refractivity contribution is 0.112. The molecule has 0 heterocycles. The van der Waals surface area contributed by atoms with Crippen LogP contribution in [0.1, 0.15) is 10.4 Å². The molecule has 0 saturated heterocycles. The van der Waals surface area contributed by atoms with Crippen LogP contribution in [-0.4, -0.2) is 21.8 Å². The lowest BCUT2D eigenvalue weighted by Gasteiger charge is -2.13. The summed E-state index contributed by atoms with van der Waals surface area (Å²) < 4.78 is 34.9. The van der Waals surface area contributed by atoms with Gasteiger partial charge in [0.25, 0.3) is 0 Å². The molecule has 0 unspecified atom stereocenters. The van der Waals surface area contributed by atoms with E-state index in [4.69, 9.17) is 8.92 Å². The van der Waals surface area contributed by atoms with Gasteiger partial charge in [-0.25, -0.2) is 0 Å². The van der Waals surface area contributed by atoms with Gasteiger partial charge in [0.2, 0.25) is 0 Å². The number of hydrogen-bond donors (Lipinski definition) is 0. The van der Waals surface area contributed by atoms with Crippen molar-refractivity contribution in [1.29, 1.82) is 0 Å². The zero-order chi connectivity index (χ0) is 15.5. The first-order valence-corrected chi connectivity index (χ1v) is 8.00. The molecule has 2 aromatic carbocycles. The van der Waals surface area contributed by atoms with Crippen LogP contribution in [0.2, 0.25) is 0 Å². The number of benzene rings is 2. The van der Waals surface area contributed by atoms with E-state index in [0.29, 0.717) is 16.3 Å². The van der Waals surface area contributed by atoms with Gasteiger partial charge in [0.05, 0.1) is 11.6 Å². The van der Waals surface area contributed by atoms with Crippen LogP contribution in [0.5, 0.6) is 11.5 Å². The van der Waals surface area contributed by atoms with Crippen LogP contribution in [0.25, 0.3) is 0 Å². The smallest absolute Gasteiger partial charge is 0.339 e. The van der Waals surface area contributed by atoms with E-state index in [2.05, 4.69) is 15.9 Å². The molecule has 0 aromatic heterocycles. The van der Waals surface area contributed by atoms with E-state index in [9.17, 15) is 13.2 Å². The highest BCUT2D eigenvalue weighted by Gasteiger charge is 2.21. The maximum atomic E-state index is 12.2. The number of aldehydes is 1. The Labute approximate surface area is 130 Å². The maximum Gasteiger partial charge on any atom is 0.339 e. The Morgan fingerprint density at radius 3 is 2.38 bits per heavy atom. The summed E-state index contributed by atoms with van der Waals surface area (Å²) in [7, 11) is -2.63. The van der Waals surface area contributed by atoms with Gasteiger partial charge in [0.15, 0.2) is 11.5 Å². The Kier molecular flexibility index (Phi) is 4.64. The Bertz CT molecular complexity index is 756.